The zero-order valence-corrected chi connectivity index (χ0v) is 13.3. The SMILES string of the molecule is CC#CCCC(NCCC)C1C2CC3CC(C2)CC1C3. The summed E-state index contributed by atoms with van der Waals surface area (Å²) in [5, 5.41) is 3.89. The molecule has 0 radical (unpaired) electrons. The third-order valence-electron chi connectivity index (χ3n) is 6.18. The average Bonchev–Trinajstić information content (AvgIpc) is 2.43. The van der Waals surface area contributed by atoms with Gasteiger partial charge in [0.05, 0.1) is 0 Å². The second-order valence-corrected chi connectivity index (χ2v) is 7.53. The van der Waals surface area contributed by atoms with Gasteiger partial charge >= 0.3 is 0 Å². The first-order valence-electron chi connectivity index (χ1n) is 8.94. The largest absolute Gasteiger partial charge is 0.314 e. The molecule has 112 valence electrons. The zero-order chi connectivity index (χ0) is 13.9. The highest BCUT2D eigenvalue weighted by Gasteiger charge is 2.50. The fraction of sp³-hybridized carbons (Fsp3) is 0.895. The lowest BCUT2D eigenvalue weighted by Crippen LogP contribution is -2.53. The van der Waals surface area contributed by atoms with Crippen LogP contribution in [-0.4, -0.2) is 12.6 Å². The van der Waals surface area contributed by atoms with E-state index >= 15 is 0 Å². The summed E-state index contributed by atoms with van der Waals surface area (Å²) in [7, 11) is 0. The fourth-order valence-electron chi connectivity index (χ4n) is 5.74. The van der Waals surface area contributed by atoms with Crippen LogP contribution in [0.15, 0.2) is 0 Å². The summed E-state index contributed by atoms with van der Waals surface area (Å²) in [6.07, 6.45) is 11.3. The van der Waals surface area contributed by atoms with E-state index in [0.717, 1.165) is 42.1 Å². The van der Waals surface area contributed by atoms with Gasteiger partial charge in [-0.15, -0.1) is 11.8 Å². The van der Waals surface area contributed by atoms with E-state index in [2.05, 4.69) is 24.1 Å². The molecule has 1 atom stereocenters. The lowest BCUT2D eigenvalue weighted by Gasteiger charge is -2.56. The van der Waals surface area contributed by atoms with Gasteiger partial charge in [-0.3, -0.25) is 0 Å². The third kappa shape index (κ3) is 2.91. The maximum atomic E-state index is 3.89. The molecule has 4 aliphatic rings. The van der Waals surface area contributed by atoms with Gasteiger partial charge < -0.3 is 5.32 Å². The predicted molar refractivity (Wildman–Crippen MR) is 85.3 cm³/mol. The van der Waals surface area contributed by atoms with Crippen molar-refractivity contribution in [3.63, 3.8) is 0 Å². The summed E-state index contributed by atoms with van der Waals surface area (Å²) in [5.74, 6) is 11.6. The Balaban J connectivity index is 1.67. The van der Waals surface area contributed by atoms with Crippen LogP contribution in [0, 0.1) is 41.4 Å². The van der Waals surface area contributed by atoms with Crippen LogP contribution in [0.1, 0.15) is 65.2 Å². The van der Waals surface area contributed by atoms with Crippen molar-refractivity contribution in [2.45, 2.75) is 71.3 Å². The Kier molecular flexibility index (Phi) is 4.72. The van der Waals surface area contributed by atoms with Crippen molar-refractivity contribution in [2.24, 2.45) is 29.6 Å². The van der Waals surface area contributed by atoms with Crippen LogP contribution < -0.4 is 5.32 Å². The summed E-state index contributed by atoms with van der Waals surface area (Å²) in [6, 6.07) is 0.741. The maximum Gasteiger partial charge on any atom is 0.0110 e. The highest BCUT2D eigenvalue weighted by atomic mass is 14.9. The van der Waals surface area contributed by atoms with Crippen LogP contribution in [0.5, 0.6) is 0 Å². The molecule has 0 saturated heterocycles. The van der Waals surface area contributed by atoms with Gasteiger partial charge in [-0.2, -0.15) is 0 Å². The van der Waals surface area contributed by atoms with E-state index in [1.54, 1.807) is 32.1 Å². The molecule has 1 N–H and O–H groups in total. The molecule has 4 rings (SSSR count). The normalized spacial score (nSPS) is 39.4. The molecule has 0 aliphatic heterocycles. The fourth-order valence-corrected chi connectivity index (χ4v) is 5.74. The Hall–Kier alpha value is -0.480. The third-order valence-corrected chi connectivity index (χ3v) is 6.18. The minimum Gasteiger partial charge on any atom is -0.314 e. The summed E-state index contributed by atoms with van der Waals surface area (Å²) in [4.78, 5) is 0. The van der Waals surface area contributed by atoms with E-state index in [0.29, 0.717) is 0 Å². The number of nitrogens with one attached hydrogen (secondary N) is 1. The van der Waals surface area contributed by atoms with Gasteiger partial charge in [-0.25, -0.2) is 0 Å². The summed E-state index contributed by atoms with van der Waals surface area (Å²) in [6.45, 7) is 5.44. The molecule has 4 aliphatic carbocycles. The molecule has 0 spiro atoms. The Labute approximate surface area is 125 Å². The molecule has 1 unspecified atom stereocenters. The molecule has 0 aromatic heterocycles. The molecule has 0 heterocycles. The number of rotatable bonds is 6. The van der Waals surface area contributed by atoms with Crippen molar-refractivity contribution >= 4 is 0 Å². The first kappa shape index (κ1) is 14.5. The molecule has 0 amide bonds. The van der Waals surface area contributed by atoms with Crippen molar-refractivity contribution in [1.29, 1.82) is 0 Å². The first-order chi connectivity index (χ1) is 9.81. The Morgan fingerprint density at radius 2 is 1.70 bits per heavy atom. The highest BCUT2D eigenvalue weighted by Crippen LogP contribution is 2.57. The van der Waals surface area contributed by atoms with Gasteiger partial charge in [0.15, 0.2) is 0 Å². The highest BCUT2D eigenvalue weighted by molar-refractivity contribution is 5.03. The van der Waals surface area contributed by atoms with Gasteiger partial charge in [-0.05, 0) is 88.0 Å². The van der Waals surface area contributed by atoms with Gasteiger partial charge in [0.2, 0.25) is 0 Å². The monoisotopic (exact) mass is 273 g/mol. The van der Waals surface area contributed by atoms with E-state index in [1.165, 1.54) is 19.4 Å². The second-order valence-electron chi connectivity index (χ2n) is 7.53. The van der Waals surface area contributed by atoms with E-state index in [9.17, 15) is 0 Å². The number of hydrogen-bond donors (Lipinski definition) is 1. The van der Waals surface area contributed by atoms with Crippen molar-refractivity contribution in [3.05, 3.63) is 0 Å². The van der Waals surface area contributed by atoms with Crippen LogP contribution in [-0.2, 0) is 0 Å². The van der Waals surface area contributed by atoms with Gasteiger partial charge in [0.1, 0.15) is 0 Å². The molecule has 20 heavy (non-hydrogen) atoms. The van der Waals surface area contributed by atoms with Crippen molar-refractivity contribution in [1.82, 2.24) is 5.32 Å². The van der Waals surface area contributed by atoms with E-state index < -0.39 is 0 Å². The predicted octanol–water partition coefficient (Wildman–Crippen LogP) is 4.23. The molecule has 0 aromatic rings. The van der Waals surface area contributed by atoms with Crippen molar-refractivity contribution < 1.29 is 0 Å². The van der Waals surface area contributed by atoms with Crippen molar-refractivity contribution in [2.75, 3.05) is 6.54 Å². The van der Waals surface area contributed by atoms with Crippen LogP contribution in [0.4, 0.5) is 0 Å². The van der Waals surface area contributed by atoms with E-state index in [1.807, 2.05) is 6.92 Å². The maximum absolute atomic E-state index is 3.89. The summed E-state index contributed by atoms with van der Waals surface area (Å²) >= 11 is 0. The summed E-state index contributed by atoms with van der Waals surface area (Å²) in [5.41, 5.74) is 0. The van der Waals surface area contributed by atoms with Crippen molar-refractivity contribution in [3.8, 4) is 11.8 Å². The van der Waals surface area contributed by atoms with E-state index in [4.69, 9.17) is 0 Å². The molecule has 4 fully saturated rings. The van der Waals surface area contributed by atoms with Gasteiger partial charge in [0.25, 0.3) is 0 Å². The first-order valence-corrected chi connectivity index (χ1v) is 8.94. The average molecular weight is 273 g/mol. The summed E-state index contributed by atoms with van der Waals surface area (Å²) < 4.78 is 0. The lowest BCUT2D eigenvalue weighted by molar-refractivity contribution is -0.0526. The molecular weight excluding hydrogens is 242 g/mol. The second kappa shape index (κ2) is 6.52. The Morgan fingerprint density at radius 3 is 2.25 bits per heavy atom. The van der Waals surface area contributed by atoms with E-state index in [-0.39, 0.29) is 0 Å². The molecule has 0 aromatic carbocycles. The quantitative estimate of drug-likeness (QED) is 0.714. The zero-order valence-electron chi connectivity index (χ0n) is 13.3. The minimum absolute atomic E-state index is 0.741. The van der Waals surface area contributed by atoms with Crippen LogP contribution in [0.3, 0.4) is 0 Å². The Bertz CT molecular complexity index is 347. The van der Waals surface area contributed by atoms with Gasteiger partial charge in [-0.1, -0.05) is 6.92 Å². The van der Waals surface area contributed by atoms with Crippen LogP contribution in [0.2, 0.25) is 0 Å². The number of hydrogen-bond acceptors (Lipinski definition) is 1. The molecule has 1 heteroatoms. The smallest absolute Gasteiger partial charge is 0.0110 e. The topological polar surface area (TPSA) is 12.0 Å². The Morgan fingerprint density at radius 1 is 1.05 bits per heavy atom. The van der Waals surface area contributed by atoms with Crippen LogP contribution in [0.25, 0.3) is 0 Å². The standard InChI is InChI=1S/C19H31N/c1-3-5-6-7-18(20-8-4-2)19-16-10-14-9-15(12-16)13-17(19)11-14/h14-20H,4,6-13H2,1-2H3. The molecule has 4 saturated carbocycles. The molecular formula is C19H31N. The molecule has 4 bridgehead atoms. The molecule has 1 nitrogen and oxygen atoms in total. The van der Waals surface area contributed by atoms with Gasteiger partial charge in [0, 0.05) is 12.5 Å². The minimum atomic E-state index is 0.741. The van der Waals surface area contributed by atoms with Crippen LogP contribution >= 0.6 is 0 Å². The lowest BCUT2D eigenvalue weighted by atomic mass is 9.50.